The van der Waals surface area contributed by atoms with Crippen LogP contribution in [0.15, 0.2) is 24.5 Å². The van der Waals surface area contributed by atoms with Crippen molar-refractivity contribution in [2.45, 2.75) is 13.3 Å². The van der Waals surface area contributed by atoms with Gasteiger partial charge < -0.3 is 14.5 Å². The molecule has 1 fully saturated rings. The molecule has 1 aliphatic heterocycles. The molecule has 2 heterocycles. The number of carbonyl (C=O) groups is 2. The first-order chi connectivity index (χ1) is 10.2. The van der Waals surface area contributed by atoms with Crippen LogP contribution in [0.2, 0.25) is 0 Å². The van der Waals surface area contributed by atoms with Crippen molar-refractivity contribution in [1.82, 2.24) is 14.8 Å². The first-order valence-corrected chi connectivity index (χ1v) is 7.27. The molecule has 0 saturated carbocycles. The minimum absolute atomic E-state index is 0.421. The summed E-state index contributed by atoms with van der Waals surface area (Å²) >= 11 is 0. The zero-order valence-corrected chi connectivity index (χ0v) is 12.3. The van der Waals surface area contributed by atoms with Gasteiger partial charge in [-0.25, -0.2) is 0 Å². The number of ether oxygens (including phenoxy) is 1. The lowest BCUT2D eigenvalue weighted by atomic mass is 10.2. The highest BCUT2D eigenvalue weighted by atomic mass is 16.5. The van der Waals surface area contributed by atoms with Crippen molar-refractivity contribution < 1.29 is 14.3 Å². The van der Waals surface area contributed by atoms with Crippen LogP contribution in [0.3, 0.4) is 0 Å². The van der Waals surface area contributed by atoms with Crippen LogP contribution in [0.4, 0.5) is 0 Å². The number of morpholine rings is 1. The molecule has 0 atom stereocenters. The van der Waals surface area contributed by atoms with E-state index in [1.807, 2.05) is 19.1 Å². The monoisotopic (exact) mass is 291 g/mol. The molecule has 2 amide bonds. The first-order valence-electron chi connectivity index (χ1n) is 7.27. The lowest BCUT2D eigenvalue weighted by Crippen LogP contribution is -2.49. The Kier molecular flexibility index (Phi) is 5.68. The maximum atomic E-state index is 12.3. The van der Waals surface area contributed by atoms with Crippen molar-refractivity contribution in [2.24, 2.45) is 0 Å². The third kappa shape index (κ3) is 4.26. The van der Waals surface area contributed by atoms with Gasteiger partial charge >= 0.3 is 11.8 Å². The Morgan fingerprint density at radius 3 is 2.57 bits per heavy atom. The normalized spacial score (nSPS) is 14.8. The lowest BCUT2D eigenvalue weighted by molar-refractivity contribution is -0.154. The van der Waals surface area contributed by atoms with E-state index in [0.29, 0.717) is 39.4 Å². The Bertz CT molecular complexity index is 472. The second-order valence-corrected chi connectivity index (χ2v) is 4.89. The van der Waals surface area contributed by atoms with E-state index in [0.717, 1.165) is 12.0 Å². The van der Waals surface area contributed by atoms with Gasteiger partial charge in [0.1, 0.15) is 0 Å². The molecule has 0 bridgehead atoms. The van der Waals surface area contributed by atoms with Crippen LogP contribution in [0.25, 0.3) is 0 Å². The molecular formula is C15H21N3O3. The van der Waals surface area contributed by atoms with Gasteiger partial charge in [0.05, 0.1) is 13.2 Å². The Morgan fingerprint density at radius 2 is 1.95 bits per heavy atom. The van der Waals surface area contributed by atoms with E-state index in [2.05, 4.69) is 4.98 Å². The van der Waals surface area contributed by atoms with Crippen LogP contribution in [0.5, 0.6) is 0 Å². The summed E-state index contributed by atoms with van der Waals surface area (Å²) < 4.78 is 5.20. The molecule has 0 radical (unpaired) electrons. The molecule has 1 aromatic heterocycles. The lowest BCUT2D eigenvalue weighted by Gasteiger charge is -2.29. The molecule has 0 aliphatic carbocycles. The fraction of sp³-hybridized carbons (Fsp3) is 0.533. The molecule has 0 unspecified atom stereocenters. The number of carbonyl (C=O) groups excluding carboxylic acids is 2. The number of rotatable bonds is 4. The summed E-state index contributed by atoms with van der Waals surface area (Å²) in [6.45, 7) is 4.94. The maximum Gasteiger partial charge on any atom is 0.312 e. The third-order valence-electron chi connectivity index (χ3n) is 3.57. The number of hydrogen-bond acceptors (Lipinski definition) is 4. The highest BCUT2D eigenvalue weighted by molar-refractivity contribution is 6.34. The topological polar surface area (TPSA) is 62.7 Å². The van der Waals surface area contributed by atoms with Gasteiger partial charge in [-0.1, -0.05) is 0 Å². The predicted molar refractivity (Wildman–Crippen MR) is 77.6 cm³/mol. The van der Waals surface area contributed by atoms with Crippen LogP contribution in [0.1, 0.15) is 12.5 Å². The van der Waals surface area contributed by atoms with E-state index in [4.69, 9.17) is 4.74 Å². The molecule has 1 saturated heterocycles. The zero-order valence-electron chi connectivity index (χ0n) is 12.3. The maximum absolute atomic E-state index is 12.3. The molecule has 6 nitrogen and oxygen atoms in total. The summed E-state index contributed by atoms with van der Waals surface area (Å²) in [4.78, 5) is 31.6. The van der Waals surface area contributed by atoms with Gasteiger partial charge in [0.15, 0.2) is 0 Å². The summed E-state index contributed by atoms with van der Waals surface area (Å²) in [5, 5.41) is 0. The Labute approximate surface area is 124 Å². The molecule has 114 valence electrons. The van der Waals surface area contributed by atoms with Crippen LogP contribution >= 0.6 is 0 Å². The van der Waals surface area contributed by atoms with Crippen molar-refractivity contribution in [3.05, 3.63) is 30.1 Å². The highest BCUT2D eigenvalue weighted by Crippen LogP contribution is 2.04. The molecule has 21 heavy (non-hydrogen) atoms. The van der Waals surface area contributed by atoms with E-state index in [1.54, 1.807) is 22.2 Å². The number of pyridine rings is 1. The van der Waals surface area contributed by atoms with E-state index in [-0.39, 0.29) is 0 Å². The smallest absolute Gasteiger partial charge is 0.312 e. The number of hydrogen-bond donors (Lipinski definition) is 0. The van der Waals surface area contributed by atoms with Gasteiger partial charge in [0, 0.05) is 38.6 Å². The number of aromatic nitrogens is 1. The predicted octanol–water partition coefficient (Wildman–Crippen LogP) is 0.331. The van der Waals surface area contributed by atoms with Crippen LogP contribution < -0.4 is 0 Å². The van der Waals surface area contributed by atoms with Crippen molar-refractivity contribution >= 4 is 11.8 Å². The number of likely N-dealkylation sites (N-methyl/N-ethyl adjacent to an activating group) is 1. The van der Waals surface area contributed by atoms with Gasteiger partial charge in [-0.15, -0.1) is 0 Å². The van der Waals surface area contributed by atoms with E-state index < -0.39 is 11.8 Å². The summed E-state index contributed by atoms with van der Waals surface area (Å²) in [6, 6.07) is 3.84. The van der Waals surface area contributed by atoms with Gasteiger partial charge in [-0.2, -0.15) is 0 Å². The summed E-state index contributed by atoms with van der Waals surface area (Å²) in [5.41, 5.74) is 1.11. The van der Waals surface area contributed by atoms with Gasteiger partial charge in [-0.05, 0) is 31.0 Å². The van der Waals surface area contributed by atoms with E-state index >= 15 is 0 Å². The largest absolute Gasteiger partial charge is 0.378 e. The van der Waals surface area contributed by atoms with Gasteiger partial charge in [0.2, 0.25) is 0 Å². The minimum atomic E-state index is -0.423. The molecule has 2 rings (SSSR count). The molecule has 1 aliphatic rings. The van der Waals surface area contributed by atoms with Crippen molar-refractivity contribution in [3.63, 3.8) is 0 Å². The Morgan fingerprint density at radius 1 is 1.29 bits per heavy atom. The standard InChI is InChI=1S/C15H21N3O3/c1-2-17(8-5-13-3-6-16-7-4-13)14(19)15(20)18-9-11-21-12-10-18/h3-4,6-7H,2,5,8-12H2,1H3. The molecule has 6 heteroatoms. The van der Waals surface area contributed by atoms with E-state index in [9.17, 15) is 9.59 Å². The second kappa shape index (κ2) is 7.73. The SMILES string of the molecule is CCN(CCc1ccncc1)C(=O)C(=O)N1CCOCC1. The zero-order chi connectivity index (χ0) is 15.1. The van der Waals surface area contributed by atoms with Crippen molar-refractivity contribution in [3.8, 4) is 0 Å². The average molecular weight is 291 g/mol. The van der Waals surface area contributed by atoms with Gasteiger partial charge in [0.25, 0.3) is 0 Å². The van der Waals surface area contributed by atoms with Gasteiger partial charge in [-0.3, -0.25) is 14.6 Å². The summed E-state index contributed by atoms with van der Waals surface area (Å²) in [6.07, 6.45) is 4.18. The summed E-state index contributed by atoms with van der Waals surface area (Å²) in [7, 11) is 0. The summed E-state index contributed by atoms with van der Waals surface area (Å²) in [5.74, 6) is -0.844. The number of nitrogens with zero attached hydrogens (tertiary/aromatic N) is 3. The molecular weight excluding hydrogens is 270 g/mol. The van der Waals surface area contributed by atoms with Crippen LogP contribution in [-0.2, 0) is 20.7 Å². The average Bonchev–Trinajstić information content (AvgIpc) is 2.56. The molecule has 0 spiro atoms. The fourth-order valence-corrected chi connectivity index (χ4v) is 2.25. The number of amides is 2. The van der Waals surface area contributed by atoms with Crippen LogP contribution in [0, 0.1) is 0 Å². The first kappa shape index (κ1) is 15.4. The Hall–Kier alpha value is -1.95. The third-order valence-corrected chi connectivity index (χ3v) is 3.57. The second-order valence-electron chi connectivity index (χ2n) is 4.89. The Balaban J connectivity index is 1.90. The fourth-order valence-electron chi connectivity index (χ4n) is 2.25. The molecule has 1 aromatic rings. The van der Waals surface area contributed by atoms with E-state index in [1.165, 1.54) is 0 Å². The minimum Gasteiger partial charge on any atom is -0.378 e. The molecule has 0 N–H and O–H groups in total. The van der Waals surface area contributed by atoms with Crippen LogP contribution in [-0.4, -0.2) is 66.0 Å². The van der Waals surface area contributed by atoms with Crippen molar-refractivity contribution in [1.29, 1.82) is 0 Å². The quantitative estimate of drug-likeness (QED) is 0.750. The molecule has 0 aromatic carbocycles. The highest BCUT2D eigenvalue weighted by Gasteiger charge is 2.27. The van der Waals surface area contributed by atoms with Crippen molar-refractivity contribution in [2.75, 3.05) is 39.4 Å².